The third-order valence-corrected chi connectivity index (χ3v) is 1.71. The second kappa shape index (κ2) is 6.66. The molecule has 0 aliphatic heterocycles. The highest BCUT2D eigenvalue weighted by atomic mass is 16.5. The van der Waals surface area contributed by atoms with E-state index in [-0.39, 0.29) is 5.91 Å². The lowest BCUT2D eigenvalue weighted by molar-refractivity contribution is -0.127. The first-order chi connectivity index (χ1) is 6.13. The molecule has 0 fully saturated rings. The van der Waals surface area contributed by atoms with E-state index < -0.39 is 0 Å². The Kier molecular flexibility index (Phi) is 6.24. The molecule has 0 aliphatic rings. The molecule has 13 heavy (non-hydrogen) atoms. The van der Waals surface area contributed by atoms with Crippen molar-refractivity contribution in [1.82, 2.24) is 4.90 Å². The summed E-state index contributed by atoms with van der Waals surface area (Å²) < 4.78 is 4.92. The Morgan fingerprint density at radius 3 is 2.46 bits per heavy atom. The molecular formula is C10H19NO2. The molecular weight excluding hydrogens is 166 g/mol. The van der Waals surface area contributed by atoms with Gasteiger partial charge in [-0.15, -0.1) is 0 Å². The molecule has 0 heterocycles. The molecule has 0 bridgehead atoms. The van der Waals surface area contributed by atoms with Crippen molar-refractivity contribution in [3.8, 4) is 0 Å². The van der Waals surface area contributed by atoms with Crippen molar-refractivity contribution in [3.63, 3.8) is 0 Å². The van der Waals surface area contributed by atoms with Gasteiger partial charge in [0.25, 0.3) is 0 Å². The van der Waals surface area contributed by atoms with Gasteiger partial charge >= 0.3 is 0 Å². The molecule has 1 amide bonds. The van der Waals surface area contributed by atoms with Crippen molar-refractivity contribution in [2.45, 2.75) is 20.3 Å². The molecule has 3 nitrogen and oxygen atoms in total. The molecule has 0 aromatic heterocycles. The fourth-order valence-electron chi connectivity index (χ4n) is 1.06. The fourth-order valence-corrected chi connectivity index (χ4v) is 1.06. The van der Waals surface area contributed by atoms with Crippen LogP contribution in [0.5, 0.6) is 0 Å². The quantitative estimate of drug-likeness (QED) is 0.586. The van der Waals surface area contributed by atoms with Gasteiger partial charge < -0.3 is 9.64 Å². The number of amides is 1. The van der Waals surface area contributed by atoms with E-state index in [1.165, 1.54) is 0 Å². The van der Waals surface area contributed by atoms with Crippen molar-refractivity contribution >= 4 is 5.91 Å². The monoisotopic (exact) mass is 185 g/mol. The zero-order chi connectivity index (χ0) is 10.3. The maximum absolute atomic E-state index is 11.5. The van der Waals surface area contributed by atoms with E-state index in [0.717, 1.165) is 13.0 Å². The standard InChI is InChI=1S/C10H19NO2/c1-5-6-11(7-8-13-4)10(12)9(2)3/h2,5-8H2,1,3-4H3. The van der Waals surface area contributed by atoms with Gasteiger partial charge in [-0.05, 0) is 13.3 Å². The highest BCUT2D eigenvalue weighted by Crippen LogP contribution is 1.99. The summed E-state index contributed by atoms with van der Waals surface area (Å²) >= 11 is 0. The number of carbonyl (C=O) groups is 1. The second-order valence-electron chi connectivity index (χ2n) is 3.07. The van der Waals surface area contributed by atoms with E-state index >= 15 is 0 Å². The number of methoxy groups -OCH3 is 1. The molecule has 76 valence electrons. The van der Waals surface area contributed by atoms with Crippen LogP contribution in [0.15, 0.2) is 12.2 Å². The van der Waals surface area contributed by atoms with Gasteiger partial charge in [0.1, 0.15) is 0 Å². The van der Waals surface area contributed by atoms with Crippen molar-refractivity contribution in [1.29, 1.82) is 0 Å². The minimum atomic E-state index is 0.0268. The molecule has 0 unspecified atom stereocenters. The number of carbonyl (C=O) groups excluding carboxylic acids is 1. The van der Waals surface area contributed by atoms with E-state index in [4.69, 9.17) is 4.74 Å². The van der Waals surface area contributed by atoms with Crippen molar-refractivity contribution in [2.24, 2.45) is 0 Å². The Hall–Kier alpha value is -0.830. The van der Waals surface area contributed by atoms with Crippen LogP contribution in [0, 0.1) is 0 Å². The lowest BCUT2D eigenvalue weighted by atomic mass is 10.3. The zero-order valence-electron chi connectivity index (χ0n) is 8.80. The normalized spacial score (nSPS) is 9.77. The Labute approximate surface area is 80.4 Å². The Bertz CT molecular complexity index is 178. The van der Waals surface area contributed by atoms with E-state index in [1.54, 1.807) is 18.9 Å². The van der Waals surface area contributed by atoms with Gasteiger partial charge in [0, 0.05) is 25.8 Å². The summed E-state index contributed by atoms with van der Waals surface area (Å²) in [6.07, 6.45) is 0.961. The van der Waals surface area contributed by atoms with Crippen LogP contribution in [-0.4, -0.2) is 37.6 Å². The minimum absolute atomic E-state index is 0.0268. The lowest BCUT2D eigenvalue weighted by Crippen LogP contribution is -2.34. The Morgan fingerprint density at radius 2 is 2.08 bits per heavy atom. The predicted molar refractivity (Wildman–Crippen MR) is 53.6 cm³/mol. The number of rotatable bonds is 6. The molecule has 0 aromatic carbocycles. The van der Waals surface area contributed by atoms with E-state index in [0.29, 0.717) is 18.7 Å². The Morgan fingerprint density at radius 1 is 1.46 bits per heavy atom. The number of hydrogen-bond donors (Lipinski definition) is 0. The Balaban J connectivity index is 4.06. The summed E-state index contributed by atoms with van der Waals surface area (Å²) in [4.78, 5) is 13.3. The summed E-state index contributed by atoms with van der Waals surface area (Å²) in [7, 11) is 1.63. The predicted octanol–water partition coefficient (Wildman–Crippen LogP) is 1.45. The van der Waals surface area contributed by atoms with Crippen LogP contribution in [0.4, 0.5) is 0 Å². The van der Waals surface area contributed by atoms with Crippen LogP contribution in [0.25, 0.3) is 0 Å². The molecule has 0 aromatic rings. The van der Waals surface area contributed by atoms with Crippen LogP contribution in [0.1, 0.15) is 20.3 Å². The van der Waals surface area contributed by atoms with Crippen molar-refractivity contribution in [3.05, 3.63) is 12.2 Å². The summed E-state index contributed by atoms with van der Waals surface area (Å²) in [5.41, 5.74) is 0.588. The molecule has 0 aliphatic carbocycles. The number of hydrogen-bond acceptors (Lipinski definition) is 2. The topological polar surface area (TPSA) is 29.5 Å². The van der Waals surface area contributed by atoms with Crippen LogP contribution >= 0.6 is 0 Å². The molecule has 3 heteroatoms. The molecule has 0 saturated heterocycles. The van der Waals surface area contributed by atoms with Crippen LogP contribution in [0.2, 0.25) is 0 Å². The SMILES string of the molecule is C=C(C)C(=O)N(CCC)CCOC. The summed E-state index contributed by atoms with van der Waals surface area (Å²) in [6, 6.07) is 0. The van der Waals surface area contributed by atoms with Gasteiger partial charge in [0.2, 0.25) is 5.91 Å². The molecule has 0 saturated carbocycles. The first-order valence-corrected chi connectivity index (χ1v) is 4.57. The first kappa shape index (κ1) is 12.2. The largest absolute Gasteiger partial charge is 0.383 e. The van der Waals surface area contributed by atoms with Gasteiger partial charge in [-0.2, -0.15) is 0 Å². The van der Waals surface area contributed by atoms with E-state index in [9.17, 15) is 4.79 Å². The third kappa shape index (κ3) is 4.68. The van der Waals surface area contributed by atoms with Gasteiger partial charge in [-0.3, -0.25) is 4.79 Å². The summed E-state index contributed by atoms with van der Waals surface area (Å²) in [5, 5.41) is 0. The minimum Gasteiger partial charge on any atom is -0.383 e. The van der Waals surface area contributed by atoms with Crippen LogP contribution in [0.3, 0.4) is 0 Å². The smallest absolute Gasteiger partial charge is 0.248 e. The van der Waals surface area contributed by atoms with E-state index in [1.807, 2.05) is 6.92 Å². The zero-order valence-corrected chi connectivity index (χ0v) is 8.80. The highest BCUT2D eigenvalue weighted by molar-refractivity contribution is 5.92. The molecule has 0 spiro atoms. The molecule has 0 rings (SSSR count). The average molecular weight is 185 g/mol. The third-order valence-electron chi connectivity index (χ3n) is 1.71. The molecule has 0 atom stereocenters. The summed E-state index contributed by atoms with van der Waals surface area (Å²) in [6.45, 7) is 9.42. The second-order valence-corrected chi connectivity index (χ2v) is 3.07. The number of ether oxygens (including phenoxy) is 1. The van der Waals surface area contributed by atoms with Gasteiger partial charge in [-0.25, -0.2) is 0 Å². The lowest BCUT2D eigenvalue weighted by Gasteiger charge is -2.21. The first-order valence-electron chi connectivity index (χ1n) is 4.57. The highest BCUT2D eigenvalue weighted by Gasteiger charge is 2.11. The van der Waals surface area contributed by atoms with Gasteiger partial charge in [0.15, 0.2) is 0 Å². The molecule has 0 radical (unpaired) electrons. The maximum atomic E-state index is 11.5. The van der Waals surface area contributed by atoms with Crippen molar-refractivity contribution < 1.29 is 9.53 Å². The summed E-state index contributed by atoms with van der Waals surface area (Å²) in [5.74, 6) is 0.0268. The maximum Gasteiger partial charge on any atom is 0.248 e. The van der Waals surface area contributed by atoms with Crippen molar-refractivity contribution in [2.75, 3.05) is 26.8 Å². The van der Waals surface area contributed by atoms with Crippen LogP contribution in [-0.2, 0) is 9.53 Å². The van der Waals surface area contributed by atoms with Crippen LogP contribution < -0.4 is 0 Å². The van der Waals surface area contributed by atoms with Gasteiger partial charge in [0.05, 0.1) is 6.61 Å². The van der Waals surface area contributed by atoms with Gasteiger partial charge in [-0.1, -0.05) is 13.5 Å². The van der Waals surface area contributed by atoms with E-state index in [2.05, 4.69) is 6.58 Å². The average Bonchev–Trinajstić information content (AvgIpc) is 2.11. The molecule has 0 N–H and O–H groups in total. The number of nitrogens with zero attached hydrogens (tertiary/aromatic N) is 1. The fraction of sp³-hybridized carbons (Fsp3) is 0.700.